The average molecular weight is 476 g/mol. The van der Waals surface area contributed by atoms with Gasteiger partial charge in [-0.1, -0.05) is 0 Å². The Labute approximate surface area is 189 Å². The Balaban J connectivity index is 1.31. The van der Waals surface area contributed by atoms with Gasteiger partial charge in [-0.25, -0.2) is 4.63 Å². The number of anilines is 2. The molecule has 8 nitrogen and oxygen atoms in total. The van der Waals surface area contributed by atoms with E-state index in [1.165, 1.54) is 28.6 Å². The number of fused-ring (bicyclic) bond motifs is 1. The molecule has 1 fully saturated rings. The SMILES string of the molecule is O=C(Nc1ccc(N2CCCCC2)c2nonc12)c1cc(Cn2ccc(C(F)(F)F)n2)cs1. The van der Waals surface area contributed by atoms with Gasteiger partial charge in [0.15, 0.2) is 16.7 Å². The molecule has 33 heavy (non-hydrogen) atoms. The predicted molar refractivity (Wildman–Crippen MR) is 116 cm³/mol. The number of benzene rings is 1. The number of rotatable bonds is 5. The summed E-state index contributed by atoms with van der Waals surface area (Å²) < 4.78 is 44.3. The van der Waals surface area contributed by atoms with E-state index in [1.54, 1.807) is 17.5 Å². The van der Waals surface area contributed by atoms with E-state index in [0.29, 0.717) is 27.2 Å². The summed E-state index contributed by atoms with van der Waals surface area (Å²) in [5.74, 6) is -0.349. The highest BCUT2D eigenvalue weighted by Crippen LogP contribution is 2.32. The minimum absolute atomic E-state index is 0.127. The van der Waals surface area contributed by atoms with Crippen LogP contribution in [0.3, 0.4) is 0 Å². The highest BCUT2D eigenvalue weighted by molar-refractivity contribution is 7.12. The molecule has 0 bridgehead atoms. The van der Waals surface area contributed by atoms with Crippen LogP contribution in [0, 0.1) is 0 Å². The zero-order chi connectivity index (χ0) is 23.0. The molecule has 0 atom stereocenters. The lowest BCUT2D eigenvalue weighted by Crippen LogP contribution is -2.29. The molecule has 1 aliphatic rings. The first-order valence-electron chi connectivity index (χ1n) is 10.4. The van der Waals surface area contributed by atoms with Gasteiger partial charge in [0, 0.05) is 19.3 Å². The number of carbonyl (C=O) groups excluding carboxylic acids is 1. The first kappa shape index (κ1) is 21.4. The number of hydrogen-bond donors (Lipinski definition) is 1. The van der Waals surface area contributed by atoms with Crippen molar-refractivity contribution in [2.45, 2.75) is 32.0 Å². The van der Waals surface area contributed by atoms with Gasteiger partial charge >= 0.3 is 6.18 Å². The number of aromatic nitrogens is 4. The van der Waals surface area contributed by atoms with E-state index in [0.717, 1.165) is 37.7 Å². The molecule has 0 saturated carbocycles. The molecule has 1 aromatic carbocycles. The zero-order valence-electron chi connectivity index (χ0n) is 17.3. The average Bonchev–Trinajstić information content (AvgIpc) is 3.55. The maximum absolute atomic E-state index is 12.8. The molecule has 0 aliphatic carbocycles. The van der Waals surface area contributed by atoms with Crippen molar-refractivity contribution in [1.82, 2.24) is 20.1 Å². The second kappa shape index (κ2) is 8.50. The van der Waals surface area contributed by atoms with Crippen LogP contribution in [0.2, 0.25) is 0 Å². The molecule has 5 rings (SSSR count). The normalized spacial score (nSPS) is 14.7. The summed E-state index contributed by atoms with van der Waals surface area (Å²) in [7, 11) is 0. The van der Waals surface area contributed by atoms with Crippen molar-refractivity contribution < 1.29 is 22.6 Å². The first-order valence-corrected chi connectivity index (χ1v) is 11.3. The highest BCUT2D eigenvalue weighted by atomic mass is 32.1. The number of thiophene rings is 1. The van der Waals surface area contributed by atoms with Gasteiger partial charge in [-0.05, 0) is 64.8 Å². The lowest BCUT2D eigenvalue weighted by Gasteiger charge is -2.28. The van der Waals surface area contributed by atoms with Crippen LogP contribution in [0.25, 0.3) is 11.0 Å². The maximum atomic E-state index is 12.8. The van der Waals surface area contributed by atoms with E-state index in [9.17, 15) is 18.0 Å². The second-order valence-corrected chi connectivity index (χ2v) is 8.72. The van der Waals surface area contributed by atoms with Crippen LogP contribution < -0.4 is 10.2 Å². The topological polar surface area (TPSA) is 89.1 Å². The van der Waals surface area contributed by atoms with Crippen LogP contribution in [0.15, 0.2) is 40.5 Å². The molecule has 0 unspecified atom stereocenters. The third-order valence-electron chi connectivity index (χ3n) is 5.49. The fraction of sp³-hybridized carbons (Fsp3) is 0.333. The predicted octanol–water partition coefficient (Wildman–Crippen LogP) is 4.79. The van der Waals surface area contributed by atoms with Gasteiger partial charge in [0.1, 0.15) is 0 Å². The van der Waals surface area contributed by atoms with E-state index >= 15 is 0 Å². The molecule has 4 aromatic rings. The van der Waals surface area contributed by atoms with Crippen LogP contribution in [0.1, 0.15) is 40.2 Å². The smallest absolute Gasteiger partial charge is 0.370 e. The first-order chi connectivity index (χ1) is 15.9. The van der Waals surface area contributed by atoms with Crippen LogP contribution in [-0.4, -0.2) is 39.1 Å². The molecule has 0 radical (unpaired) electrons. The molecule has 3 aromatic heterocycles. The minimum atomic E-state index is -4.49. The van der Waals surface area contributed by atoms with E-state index in [2.05, 4.69) is 25.6 Å². The molecule has 0 spiro atoms. The van der Waals surface area contributed by atoms with E-state index < -0.39 is 11.9 Å². The number of hydrogen-bond acceptors (Lipinski definition) is 7. The second-order valence-electron chi connectivity index (χ2n) is 7.81. The fourth-order valence-electron chi connectivity index (χ4n) is 3.89. The molecule has 1 N–H and O–H groups in total. The van der Waals surface area contributed by atoms with E-state index in [4.69, 9.17) is 4.63 Å². The van der Waals surface area contributed by atoms with Crippen LogP contribution in [-0.2, 0) is 12.7 Å². The Bertz CT molecular complexity index is 1290. The monoisotopic (exact) mass is 476 g/mol. The fourth-order valence-corrected chi connectivity index (χ4v) is 4.69. The Morgan fingerprint density at radius 1 is 1.12 bits per heavy atom. The molecule has 1 aliphatic heterocycles. The molecular weight excluding hydrogens is 457 g/mol. The van der Waals surface area contributed by atoms with Crippen molar-refractivity contribution in [2.75, 3.05) is 23.3 Å². The quantitative estimate of drug-likeness (QED) is 0.446. The molecule has 12 heteroatoms. The summed E-state index contributed by atoms with van der Waals surface area (Å²) in [6.45, 7) is 2.00. The number of carbonyl (C=O) groups is 1. The summed E-state index contributed by atoms with van der Waals surface area (Å²) in [6, 6.07) is 6.24. The van der Waals surface area contributed by atoms with Crippen molar-refractivity contribution in [3.8, 4) is 0 Å². The molecule has 4 heterocycles. The standard InChI is InChI=1S/C21H19F3N6O2S/c22-21(23,24)17-6-9-30(26-17)11-13-10-16(33-12-13)20(31)25-14-4-5-15(19-18(14)27-32-28-19)29-7-2-1-3-8-29/h4-6,9-10,12H,1-3,7-8,11H2,(H,25,31). The molecule has 1 saturated heterocycles. The number of amides is 1. The minimum Gasteiger partial charge on any atom is -0.370 e. The number of halogens is 3. The van der Waals surface area contributed by atoms with Gasteiger partial charge in [0.05, 0.1) is 22.8 Å². The molecular formula is C21H19F3N6O2S. The Morgan fingerprint density at radius 3 is 2.67 bits per heavy atom. The van der Waals surface area contributed by atoms with Crippen molar-refractivity contribution in [1.29, 1.82) is 0 Å². The summed E-state index contributed by atoms with van der Waals surface area (Å²) in [5, 5.41) is 16.1. The van der Waals surface area contributed by atoms with Crippen LogP contribution in [0.4, 0.5) is 24.5 Å². The van der Waals surface area contributed by atoms with Crippen molar-refractivity contribution in [2.24, 2.45) is 0 Å². The highest BCUT2D eigenvalue weighted by Gasteiger charge is 2.33. The number of alkyl halides is 3. The zero-order valence-corrected chi connectivity index (χ0v) is 18.1. The van der Waals surface area contributed by atoms with Crippen molar-refractivity contribution in [3.63, 3.8) is 0 Å². The van der Waals surface area contributed by atoms with Gasteiger partial charge in [-0.15, -0.1) is 11.3 Å². The third-order valence-corrected chi connectivity index (χ3v) is 6.47. The Kier molecular flexibility index (Phi) is 5.52. The summed E-state index contributed by atoms with van der Waals surface area (Å²) in [6.07, 6.45) is 0.204. The lowest BCUT2D eigenvalue weighted by molar-refractivity contribution is -0.141. The van der Waals surface area contributed by atoms with Crippen molar-refractivity contribution in [3.05, 3.63) is 52.0 Å². The molecule has 172 valence electrons. The van der Waals surface area contributed by atoms with Crippen LogP contribution >= 0.6 is 11.3 Å². The summed E-state index contributed by atoms with van der Waals surface area (Å²) >= 11 is 1.20. The van der Waals surface area contributed by atoms with Gasteiger partial charge in [-0.2, -0.15) is 18.3 Å². The number of piperidine rings is 1. The van der Waals surface area contributed by atoms with Gasteiger partial charge in [0.25, 0.3) is 5.91 Å². The largest absolute Gasteiger partial charge is 0.435 e. The van der Waals surface area contributed by atoms with E-state index in [1.807, 2.05) is 6.07 Å². The van der Waals surface area contributed by atoms with Gasteiger partial charge in [0.2, 0.25) is 0 Å². The van der Waals surface area contributed by atoms with Gasteiger partial charge in [-0.3, -0.25) is 9.48 Å². The van der Waals surface area contributed by atoms with Crippen molar-refractivity contribution >= 4 is 39.7 Å². The third kappa shape index (κ3) is 4.42. The molecule has 1 amide bonds. The summed E-state index contributed by atoms with van der Waals surface area (Å²) in [4.78, 5) is 15.5. The maximum Gasteiger partial charge on any atom is 0.435 e. The van der Waals surface area contributed by atoms with Gasteiger partial charge < -0.3 is 10.2 Å². The Morgan fingerprint density at radius 2 is 1.91 bits per heavy atom. The van der Waals surface area contributed by atoms with Crippen LogP contribution in [0.5, 0.6) is 0 Å². The lowest BCUT2D eigenvalue weighted by atomic mass is 10.1. The number of nitrogens with zero attached hydrogens (tertiary/aromatic N) is 5. The summed E-state index contributed by atoms with van der Waals surface area (Å²) in [5.41, 5.74) is 2.21. The Hall–Kier alpha value is -3.41. The van der Waals surface area contributed by atoms with E-state index in [-0.39, 0.29) is 12.5 Å². The number of nitrogens with one attached hydrogen (secondary N) is 1.